The van der Waals surface area contributed by atoms with E-state index >= 15 is 0 Å². The topological polar surface area (TPSA) is 63.6 Å². The Morgan fingerprint density at radius 2 is 2.16 bits per heavy atom. The minimum absolute atomic E-state index is 0.0913. The molecular weight excluding hydrogens is 244 g/mol. The maximum Gasteiger partial charge on any atom is 0.334 e. The highest BCUT2D eigenvalue weighted by molar-refractivity contribution is 5.98. The lowest BCUT2D eigenvalue weighted by molar-refractivity contribution is -0.139. The molecule has 1 N–H and O–H groups in total. The summed E-state index contributed by atoms with van der Waals surface area (Å²) in [6, 6.07) is 0. The van der Waals surface area contributed by atoms with E-state index < -0.39 is 11.5 Å². The van der Waals surface area contributed by atoms with Gasteiger partial charge in [0, 0.05) is 16.9 Å². The fourth-order valence-electron chi connectivity index (χ4n) is 3.87. The van der Waals surface area contributed by atoms with Crippen molar-refractivity contribution < 1.29 is 19.4 Å². The number of ether oxygens (including phenoxy) is 1. The van der Waals surface area contributed by atoms with E-state index in [0.29, 0.717) is 18.4 Å². The zero-order valence-corrected chi connectivity index (χ0v) is 11.2. The van der Waals surface area contributed by atoms with Crippen LogP contribution >= 0.6 is 0 Å². The molecule has 19 heavy (non-hydrogen) atoms. The van der Waals surface area contributed by atoms with Gasteiger partial charge in [-0.2, -0.15) is 0 Å². The average molecular weight is 262 g/mol. The Kier molecular flexibility index (Phi) is 2.52. The molecule has 5 atom stereocenters. The van der Waals surface area contributed by atoms with Crippen molar-refractivity contribution in [3.8, 4) is 0 Å². The monoisotopic (exact) mass is 262 g/mol. The molecule has 2 fully saturated rings. The highest BCUT2D eigenvalue weighted by Crippen LogP contribution is 2.53. The number of carbonyl (C=O) groups is 2. The molecule has 0 aromatic carbocycles. The standard InChI is InChI=1S/C15H18O4/c1-7-4-12-9(8(2)14(18)19-12)6-15(3)10(7)5-11(16)13(15)17/h5,7,9,12-13,17H,2,4,6H2,1,3H3. The van der Waals surface area contributed by atoms with Crippen LogP contribution in [0.15, 0.2) is 23.8 Å². The van der Waals surface area contributed by atoms with Crippen LogP contribution in [-0.4, -0.2) is 29.1 Å². The lowest BCUT2D eigenvalue weighted by Gasteiger charge is -2.33. The van der Waals surface area contributed by atoms with Crippen molar-refractivity contribution in [3.63, 3.8) is 0 Å². The van der Waals surface area contributed by atoms with Crippen molar-refractivity contribution in [2.45, 2.75) is 38.9 Å². The molecule has 1 saturated carbocycles. The van der Waals surface area contributed by atoms with Crippen molar-refractivity contribution in [3.05, 3.63) is 23.8 Å². The molecule has 5 unspecified atom stereocenters. The summed E-state index contributed by atoms with van der Waals surface area (Å²) in [7, 11) is 0. The molecule has 1 aliphatic heterocycles. The minimum atomic E-state index is -1.01. The van der Waals surface area contributed by atoms with Crippen molar-refractivity contribution >= 4 is 11.8 Å². The van der Waals surface area contributed by atoms with Gasteiger partial charge in [-0.05, 0) is 24.8 Å². The van der Waals surface area contributed by atoms with E-state index in [1.54, 1.807) is 6.08 Å². The van der Waals surface area contributed by atoms with Gasteiger partial charge in [0.25, 0.3) is 0 Å². The molecule has 1 heterocycles. The van der Waals surface area contributed by atoms with E-state index in [0.717, 1.165) is 5.57 Å². The lowest BCUT2D eigenvalue weighted by Crippen LogP contribution is -2.36. The molecule has 102 valence electrons. The summed E-state index contributed by atoms with van der Waals surface area (Å²) in [4.78, 5) is 23.4. The molecular formula is C15H18O4. The Balaban J connectivity index is 2.04. The van der Waals surface area contributed by atoms with Gasteiger partial charge >= 0.3 is 5.97 Å². The largest absolute Gasteiger partial charge is 0.458 e. The number of hydrogen-bond donors (Lipinski definition) is 1. The van der Waals surface area contributed by atoms with E-state index in [4.69, 9.17) is 4.74 Å². The van der Waals surface area contributed by atoms with E-state index in [2.05, 4.69) is 6.58 Å². The quantitative estimate of drug-likeness (QED) is 0.529. The van der Waals surface area contributed by atoms with Gasteiger partial charge in [0.05, 0.1) is 0 Å². The third-order valence-corrected chi connectivity index (χ3v) is 5.01. The highest BCUT2D eigenvalue weighted by Gasteiger charge is 2.54. The fraction of sp³-hybridized carbons (Fsp3) is 0.600. The first-order chi connectivity index (χ1) is 8.84. The number of esters is 1. The van der Waals surface area contributed by atoms with Gasteiger partial charge in [-0.3, -0.25) is 4.79 Å². The Labute approximate surface area is 112 Å². The number of ketones is 1. The number of aliphatic hydroxyl groups is 1. The van der Waals surface area contributed by atoms with E-state index in [1.807, 2.05) is 13.8 Å². The Hall–Kier alpha value is -1.42. The third-order valence-electron chi connectivity index (χ3n) is 5.01. The molecule has 0 radical (unpaired) electrons. The Morgan fingerprint density at radius 1 is 1.47 bits per heavy atom. The molecule has 4 heteroatoms. The van der Waals surface area contributed by atoms with Gasteiger partial charge in [0.15, 0.2) is 5.78 Å². The number of hydrogen-bond acceptors (Lipinski definition) is 4. The molecule has 4 nitrogen and oxygen atoms in total. The normalized spacial score (nSPS) is 45.4. The van der Waals surface area contributed by atoms with Crippen molar-refractivity contribution in [2.24, 2.45) is 17.3 Å². The predicted molar refractivity (Wildman–Crippen MR) is 68.1 cm³/mol. The summed E-state index contributed by atoms with van der Waals surface area (Å²) in [5, 5.41) is 10.2. The van der Waals surface area contributed by atoms with Crippen LogP contribution < -0.4 is 0 Å². The zero-order valence-electron chi connectivity index (χ0n) is 11.2. The second-order valence-electron chi connectivity index (χ2n) is 6.24. The Bertz CT molecular complexity index is 518. The maximum absolute atomic E-state index is 11.8. The molecule has 2 aliphatic carbocycles. The zero-order chi connectivity index (χ0) is 13.9. The van der Waals surface area contributed by atoms with E-state index in [1.165, 1.54) is 0 Å². The van der Waals surface area contributed by atoms with Crippen LogP contribution in [0, 0.1) is 17.3 Å². The van der Waals surface area contributed by atoms with Gasteiger partial charge in [0.1, 0.15) is 12.2 Å². The first kappa shape index (κ1) is 12.6. The average Bonchev–Trinajstić information content (AvgIpc) is 2.68. The van der Waals surface area contributed by atoms with Crippen molar-refractivity contribution in [1.82, 2.24) is 0 Å². The predicted octanol–water partition coefficient (Wildman–Crippen LogP) is 1.39. The molecule has 0 spiro atoms. The van der Waals surface area contributed by atoms with Crippen LogP contribution in [0.1, 0.15) is 26.7 Å². The summed E-state index contributed by atoms with van der Waals surface area (Å²) in [6.07, 6.45) is 1.65. The summed E-state index contributed by atoms with van der Waals surface area (Å²) >= 11 is 0. The van der Waals surface area contributed by atoms with Crippen LogP contribution in [0.4, 0.5) is 0 Å². The molecule has 0 aromatic rings. The van der Waals surface area contributed by atoms with Gasteiger partial charge in [-0.25, -0.2) is 4.79 Å². The van der Waals surface area contributed by atoms with Crippen LogP contribution in [0.25, 0.3) is 0 Å². The number of rotatable bonds is 0. The fourth-order valence-corrected chi connectivity index (χ4v) is 3.87. The molecule has 3 rings (SSSR count). The molecule has 3 aliphatic rings. The number of carbonyl (C=O) groups excluding carboxylic acids is 2. The van der Waals surface area contributed by atoms with Gasteiger partial charge in [-0.1, -0.05) is 26.0 Å². The second-order valence-corrected chi connectivity index (χ2v) is 6.24. The second kappa shape index (κ2) is 3.79. The maximum atomic E-state index is 11.8. The first-order valence-corrected chi connectivity index (χ1v) is 6.68. The summed E-state index contributed by atoms with van der Waals surface area (Å²) < 4.78 is 5.37. The van der Waals surface area contributed by atoms with Gasteiger partial charge < -0.3 is 9.84 Å². The van der Waals surface area contributed by atoms with Crippen LogP contribution in [-0.2, 0) is 14.3 Å². The number of aliphatic hydroxyl groups excluding tert-OH is 1. The summed E-state index contributed by atoms with van der Waals surface area (Å²) in [5.41, 5.74) is 0.877. The van der Waals surface area contributed by atoms with Crippen LogP contribution in [0.5, 0.6) is 0 Å². The molecule has 1 saturated heterocycles. The SMILES string of the molecule is C=C1C(=O)OC2CC(C)C3=CC(=O)C(O)C3(C)CC12. The van der Waals surface area contributed by atoms with Crippen LogP contribution in [0.3, 0.4) is 0 Å². The molecule has 0 amide bonds. The van der Waals surface area contributed by atoms with E-state index in [-0.39, 0.29) is 29.7 Å². The number of fused-ring (bicyclic) bond motifs is 2. The summed E-state index contributed by atoms with van der Waals surface area (Å²) in [6.45, 7) is 7.74. The van der Waals surface area contributed by atoms with E-state index in [9.17, 15) is 14.7 Å². The Morgan fingerprint density at radius 3 is 2.84 bits per heavy atom. The lowest BCUT2D eigenvalue weighted by atomic mass is 9.72. The first-order valence-electron chi connectivity index (χ1n) is 6.68. The molecule has 0 aromatic heterocycles. The summed E-state index contributed by atoms with van der Waals surface area (Å²) in [5.74, 6) is -0.526. The third kappa shape index (κ3) is 1.56. The van der Waals surface area contributed by atoms with Crippen molar-refractivity contribution in [1.29, 1.82) is 0 Å². The van der Waals surface area contributed by atoms with Gasteiger partial charge in [0.2, 0.25) is 0 Å². The molecule has 0 bridgehead atoms. The highest BCUT2D eigenvalue weighted by atomic mass is 16.6. The van der Waals surface area contributed by atoms with Crippen LogP contribution in [0.2, 0.25) is 0 Å². The van der Waals surface area contributed by atoms with Gasteiger partial charge in [-0.15, -0.1) is 0 Å². The van der Waals surface area contributed by atoms with Crippen molar-refractivity contribution in [2.75, 3.05) is 0 Å². The minimum Gasteiger partial charge on any atom is -0.458 e. The smallest absolute Gasteiger partial charge is 0.334 e.